The van der Waals surface area contributed by atoms with E-state index in [9.17, 15) is 4.79 Å². The summed E-state index contributed by atoms with van der Waals surface area (Å²) in [5.74, 6) is -0.0765. The lowest BCUT2D eigenvalue weighted by Gasteiger charge is -2.09. The first-order valence-electron chi connectivity index (χ1n) is 4.69. The average molecular weight is 223 g/mol. The highest BCUT2D eigenvalue weighted by Gasteiger charge is 2.09. The van der Waals surface area contributed by atoms with Crippen LogP contribution in [0.5, 0.6) is 0 Å². The molecule has 4 N–H and O–H groups in total. The van der Waals surface area contributed by atoms with Gasteiger partial charge in [0.25, 0.3) is 0 Å². The summed E-state index contributed by atoms with van der Waals surface area (Å²) in [6.07, 6.45) is -0.583. The summed E-state index contributed by atoms with van der Waals surface area (Å²) in [6, 6.07) is 6.68. The van der Waals surface area contributed by atoms with E-state index >= 15 is 0 Å². The van der Waals surface area contributed by atoms with E-state index < -0.39 is 6.09 Å². The Hall–Kier alpha value is -2.24. The van der Waals surface area contributed by atoms with Crippen molar-refractivity contribution in [1.82, 2.24) is 0 Å². The lowest BCUT2D eigenvalue weighted by molar-refractivity contribution is 0.168. The molecule has 0 fully saturated rings. The van der Waals surface area contributed by atoms with E-state index in [0.29, 0.717) is 11.3 Å². The molecule has 1 amide bonds. The fourth-order valence-corrected chi connectivity index (χ4v) is 1.15. The molecule has 1 rings (SSSR count). The number of benzene rings is 1. The van der Waals surface area contributed by atoms with Crippen LogP contribution in [-0.4, -0.2) is 23.7 Å². The molecule has 1 aromatic rings. The predicted molar refractivity (Wildman–Crippen MR) is 59.6 cm³/mol. The maximum atomic E-state index is 11.2. The number of nitrogens with two attached hydrogens (primary N) is 1. The Bertz CT molecular complexity index is 404. The van der Waals surface area contributed by atoms with Crippen LogP contribution in [0.25, 0.3) is 0 Å². The standard InChI is InChI=1S/C10H13N3O3/c1-2-16-10(14)12-8-6-4-3-5-7(8)9(11)13-15/h3-6,15H,2H2,1H3,(H2,11,13)(H,12,14). The van der Waals surface area contributed by atoms with Crippen molar-refractivity contribution in [2.75, 3.05) is 11.9 Å². The Morgan fingerprint density at radius 1 is 1.56 bits per heavy atom. The van der Waals surface area contributed by atoms with Gasteiger partial charge in [-0.2, -0.15) is 0 Å². The molecule has 86 valence electrons. The van der Waals surface area contributed by atoms with E-state index in [0.717, 1.165) is 0 Å². The monoisotopic (exact) mass is 223 g/mol. The number of anilines is 1. The molecule has 0 heterocycles. The molecule has 0 aliphatic carbocycles. The number of hydrogen-bond acceptors (Lipinski definition) is 4. The molecule has 16 heavy (non-hydrogen) atoms. The van der Waals surface area contributed by atoms with Gasteiger partial charge in [0.2, 0.25) is 0 Å². The Morgan fingerprint density at radius 3 is 2.88 bits per heavy atom. The highest BCUT2D eigenvalue weighted by atomic mass is 16.5. The number of nitrogens with zero attached hydrogens (tertiary/aromatic N) is 1. The number of oxime groups is 1. The number of amidine groups is 1. The first-order chi connectivity index (χ1) is 7.69. The van der Waals surface area contributed by atoms with Gasteiger partial charge in [-0.05, 0) is 19.1 Å². The minimum Gasteiger partial charge on any atom is -0.450 e. The highest BCUT2D eigenvalue weighted by molar-refractivity contribution is 6.04. The maximum absolute atomic E-state index is 11.2. The van der Waals surface area contributed by atoms with Crippen molar-refractivity contribution in [3.05, 3.63) is 29.8 Å². The number of carbonyl (C=O) groups is 1. The van der Waals surface area contributed by atoms with E-state index in [1.165, 1.54) is 0 Å². The SMILES string of the molecule is CCOC(=O)Nc1ccccc1/C(N)=N/O. The first kappa shape index (κ1) is 11.8. The van der Waals surface area contributed by atoms with Crippen LogP contribution in [0.3, 0.4) is 0 Å². The molecule has 0 radical (unpaired) electrons. The maximum Gasteiger partial charge on any atom is 0.411 e. The predicted octanol–water partition coefficient (Wildman–Crippen LogP) is 1.35. The number of hydrogen-bond donors (Lipinski definition) is 3. The van der Waals surface area contributed by atoms with Crippen LogP contribution >= 0.6 is 0 Å². The Labute approximate surface area is 92.7 Å². The fourth-order valence-electron chi connectivity index (χ4n) is 1.15. The average Bonchev–Trinajstić information content (AvgIpc) is 2.29. The Morgan fingerprint density at radius 2 is 2.25 bits per heavy atom. The molecule has 0 saturated carbocycles. The van der Waals surface area contributed by atoms with Crippen molar-refractivity contribution in [1.29, 1.82) is 0 Å². The van der Waals surface area contributed by atoms with E-state index in [2.05, 4.69) is 10.5 Å². The number of rotatable bonds is 3. The van der Waals surface area contributed by atoms with Gasteiger partial charge in [-0.15, -0.1) is 0 Å². The van der Waals surface area contributed by atoms with Crippen molar-refractivity contribution >= 4 is 17.6 Å². The summed E-state index contributed by atoms with van der Waals surface area (Å²) in [5.41, 5.74) is 6.31. The lowest BCUT2D eigenvalue weighted by Crippen LogP contribution is -2.19. The van der Waals surface area contributed by atoms with Gasteiger partial charge >= 0.3 is 6.09 Å². The van der Waals surface area contributed by atoms with Crippen LogP contribution in [0.1, 0.15) is 12.5 Å². The summed E-state index contributed by atoms with van der Waals surface area (Å²) in [4.78, 5) is 11.2. The number of nitrogens with one attached hydrogen (secondary N) is 1. The zero-order chi connectivity index (χ0) is 12.0. The summed E-state index contributed by atoms with van der Waals surface area (Å²) < 4.78 is 4.72. The summed E-state index contributed by atoms with van der Waals surface area (Å²) >= 11 is 0. The van der Waals surface area contributed by atoms with Crippen LogP contribution in [0.2, 0.25) is 0 Å². The largest absolute Gasteiger partial charge is 0.450 e. The van der Waals surface area contributed by atoms with Crippen molar-refractivity contribution in [2.24, 2.45) is 10.9 Å². The Balaban J connectivity index is 2.91. The minimum atomic E-state index is -0.583. The van der Waals surface area contributed by atoms with E-state index in [1.807, 2.05) is 0 Å². The van der Waals surface area contributed by atoms with E-state index in [-0.39, 0.29) is 12.4 Å². The first-order valence-corrected chi connectivity index (χ1v) is 4.69. The van der Waals surface area contributed by atoms with E-state index in [1.54, 1.807) is 31.2 Å². The zero-order valence-electron chi connectivity index (χ0n) is 8.80. The van der Waals surface area contributed by atoms with Crippen LogP contribution in [0.15, 0.2) is 29.4 Å². The quantitative estimate of drug-likeness (QED) is 0.312. The van der Waals surface area contributed by atoms with Crippen LogP contribution < -0.4 is 11.1 Å². The van der Waals surface area contributed by atoms with Crippen molar-refractivity contribution < 1.29 is 14.7 Å². The molecule has 1 aromatic carbocycles. The molecule has 6 nitrogen and oxygen atoms in total. The lowest BCUT2D eigenvalue weighted by atomic mass is 10.1. The summed E-state index contributed by atoms with van der Waals surface area (Å²) in [6.45, 7) is 1.98. The number of para-hydroxylation sites is 1. The smallest absolute Gasteiger partial charge is 0.411 e. The fraction of sp³-hybridized carbons (Fsp3) is 0.200. The third-order valence-electron chi connectivity index (χ3n) is 1.82. The molecule has 0 aliphatic rings. The second-order valence-electron chi connectivity index (χ2n) is 2.88. The van der Waals surface area contributed by atoms with Crippen LogP contribution in [0, 0.1) is 0 Å². The summed E-state index contributed by atoms with van der Waals surface area (Å²) in [5, 5.41) is 13.9. The Kier molecular flexibility index (Phi) is 4.14. The molecule has 6 heteroatoms. The highest BCUT2D eigenvalue weighted by Crippen LogP contribution is 2.14. The van der Waals surface area contributed by atoms with E-state index in [4.69, 9.17) is 15.7 Å². The minimum absolute atomic E-state index is 0.0765. The molecule has 0 atom stereocenters. The van der Waals surface area contributed by atoms with Gasteiger partial charge in [0.15, 0.2) is 5.84 Å². The number of amides is 1. The molecule has 0 unspecified atom stereocenters. The zero-order valence-corrected chi connectivity index (χ0v) is 8.80. The van der Waals surface area contributed by atoms with Gasteiger partial charge in [-0.25, -0.2) is 4.79 Å². The van der Waals surface area contributed by atoms with Gasteiger partial charge in [0.1, 0.15) is 0 Å². The van der Waals surface area contributed by atoms with Crippen molar-refractivity contribution in [3.8, 4) is 0 Å². The van der Waals surface area contributed by atoms with Gasteiger partial charge in [-0.1, -0.05) is 17.3 Å². The third-order valence-corrected chi connectivity index (χ3v) is 1.82. The topological polar surface area (TPSA) is 96.9 Å². The normalized spacial score (nSPS) is 10.9. The molecule has 0 aliphatic heterocycles. The molecule has 0 aromatic heterocycles. The third kappa shape index (κ3) is 2.88. The van der Waals surface area contributed by atoms with Gasteiger partial charge in [0, 0.05) is 5.56 Å². The molecule has 0 bridgehead atoms. The van der Waals surface area contributed by atoms with Crippen LogP contribution in [-0.2, 0) is 4.74 Å². The van der Waals surface area contributed by atoms with Gasteiger partial charge < -0.3 is 15.7 Å². The summed E-state index contributed by atoms with van der Waals surface area (Å²) in [7, 11) is 0. The number of carbonyl (C=O) groups excluding carboxylic acids is 1. The van der Waals surface area contributed by atoms with Crippen LogP contribution in [0.4, 0.5) is 10.5 Å². The molecular weight excluding hydrogens is 210 g/mol. The second kappa shape index (κ2) is 5.59. The molecule has 0 spiro atoms. The molecule has 0 saturated heterocycles. The van der Waals surface area contributed by atoms with Gasteiger partial charge in [-0.3, -0.25) is 5.32 Å². The van der Waals surface area contributed by atoms with Gasteiger partial charge in [0.05, 0.1) is 12.3 Å². The molecular formula is C10H13N3O3. The van der Waals surface area contributed by atoms with Crippen molar-refractivity contribution in [2.45, 2.75) is 6.92 Å². The second-order valence-corrected chi connectivity index (χ2v) is 2.88. The van der Waals surface area contributed by atoms with Crippen molar-refractivity contribution in [3.63, 3.8) is 0 Å². The number of ether oxygens (including phenoxy) is 1.